The summed E-state index contributed by atoms with van der Waals surface area (Å²) >= 11 is 9.82. The van der Waals surface area contributed by atoms with Gasteiger partial charge >= 0.3 is 0 Å². The maximum absolute atomic E-state index is 2.48. The molecule has 0 spiro atoms. The summed E-state index contributed by atoms with van der Waals surface area (Å²) in [6, 6.07) is 13.8. The second-order valence-corrected chi connectivity index (χ2v) is 7.57. The molecule has 2 aromatic rings. The third-order valence-corrected chi connectivity index (χ3v) is 6.61. The highest BCUT2D eigenvalue weighted by Gasteiger charge is 2.11. The Bertz CT molecular complexity index is 551. The summed E-state index contributed by atoms with van der Waals surface area (Å²) in [5.41, 5.74) is 8.57. The molecule has 20 heavy (non-hydrogen) atoms. The van der Waals surface area contributed by atoms with Gasteiger partial charge in [0, 0.05) is 17.7 Å². The number of alkyl halides is 4. The molecule has 0 aliphatic heterocycles. The molecule has 0 aromatic heterocycles. The van der Waals surface area contributed by atoms with E-state index in [1.165, 1.54) is 33.4 Å². The molecule has 0 saturated carbocycles. The van der Waals surface area contributed by atoms with Gasteiger partial charge in [-0.05, 0) is 33.4 Å². The van der Waals surface area contributed by atoms with Crippen molar-refractivity contribution in [2.75, 3.05) is 0 Å². The van der Waals surface area contributed by atoms with E-state index in [4.69, 9.17) is 0 Å². The standard InChI is InChI=1S/C16H14I4/c17-7-11-1-3-13(4-2-11)16-14(9-19)5-12(8-18)6-15(16)10-20/h1-6H,7-10H2. The van der Waals surface area contributed by atoms with Gasteiger partial charge in [-0.3, -0.25) is 0 Å². The average molecular weight is 714 g/mol. The Labute approximate surface area is 175 Å². The maximum Gasteiger partial charge on any atom is 0.0253 e. The predicted octanol–water partition coefficient (Wildman–Crippen LogP) is 7.09. The molecule has 2 rings (SSSR count). The monoisotopic (exact) mass is 714 g/mol. The summed E-state index contributed by atoms with van der Waals surface area (Å²) < 4.78 is 4.29. The Morgan fingerprint density at radius 1 is 0.600 bits per heavy atom. The molecular weight excluding hydrogens is 700 g/mol. The van der Waals surface area contributed by atoms with Crippen molar-refractivity contribution in [3.8, 4) is 11.1 Å². The van der Waals surface area contributed by atoms with E-state index in [1.54, 1.807) is 0 Å². The van der Waals surface area contributed by atoms with Crippen molar-refractivity contribution in [2.24, 2.45) is 0 Å². The molecule has 0 bridgehead atoms. The first kappa shape index (κ1) is 17.7. The van der Waals surface area contributed by atoms with Crippen LogP contribution in [-0.2, 0) is 17.7 Å². The minimum absolute atomic E-state index is 1.06. The first-order valence-corrected chi connectivity index (χ1v) is 12.3. The summed E-state index contributed by atoms with van der Waals surface area (Å²) in [5.74, 6) is 0. The molecule has 0 aliphatic carbocycles. The highest BCUT2D eigenvalue weighted by atomic mass is 127. The fourth-order valence-corrected chi connectivity index (χ4v) is 4.41. The van der Waals surface area contributed by atoms with Gasteiger partial charge in [0.2, 0.25) is 0 Å². The second kappa shape index (κ2) is 8.85. The van der Waals surface area contributed by atoms with Crippen LogP contribution in [0.15, 0.2) is 36.4 Å². The van der Waals surface area contributed by atoms with E-state index in [0.29, 0.717) is 0 Å². The Hall–Kier alpha value is 1.36. The van der Waals surface area contributed by atoms with Crippen LogP contribution in [0.5, 0.6) is 0 Å². The van der Waals surface area contributed by atoms with Gasteiger partial charge in [-0.25, -0.2) is 0 Å². The molecule has 0 nitrogen and oxygen atoms in total. The van der Waals surface area contributed by atoms with Gasteiger partial charge < -0.3 is 0 Å². The zero-order valence-electron chi connectivity index (χ0n) is 10.8. The van der Waals surface area contributed by atoms with Crippen LogP contribution in [0.25, 0.3) is 11.1 Å². The minimum Gasteiger partial charge on any atom is -0.0812 e. The van der Waals surface area contributed by atoms with E-state index >= 15 is 0 Å². The summed E-state index contributed by atoms with van der Waals surface area (Å²) in [4.78, 5) is 0. The minimum atomic E-state index is 1.06. The highest BCUT2D eigenvalue weighted by molar-refractivity contribution is 14.1. The van der Waals surface area contributed by atoms with E-state index < -0.39 is 0 Å². The fourth-order valence-electron chi connectivity index (χ4n) is 2.26. The average Bonchev–Trinajstić information content (AvgIpc) is 2.53. The Kier molecular flexibility index (Phi) is 7.84. The molecule has 0 saturated heterocycles. The molecule has 2 aromatic carbocycles. The summed E-state index contributed by atoms with van der Waals surface area (Å²) in [6.07, 6.45) is 0. The third kappa shape index (κ3) is 4.21. The number of benzene rings is 2. The van der Waals surface area contributed by atoms with Crippen LogP contribution in [-0.4, -0.2) is 0 Å². The van der Waals surface area contributed by atoms with Crippen molar-refractivity contribution in [1.82, 2.24) is 0 Å². The molecule has 106 valence electrons. The van der Waals surface area contributed by atoms with Gasteiger partial charge in [0.15, 0.2) is 0 Å². The van der Waals surface area contributed by atoms with Crippen molar-refractivity contribution >= 4 is 90.4 Å². The van der Waals surface area contributed by atoms with Gasteiger partial charge in [-0.15, -0.1) is 0 Å². The summed E-state index contributed by atoms with van der Waals surface area (Å²) in [5, 5.41) is 0. The third-order valence-electron chi connectivity index (χ3n) is 3.20. The molecule has 0 N–H and O–H groups in total. The Balaban J connectivity index is 2.57. The summed E-state index contributed by atoms with van der Waals surface area (Å²) in [6.45, 7) is 0. The molecule has 0 amide bonds. The highest BCUT2D eigenvalue weighted by Crippen LogP contribution is 2.33. The second-order valence-electron chi connectivity index (χ2n) is 4.52. The van der Waals surface area contributed by atoms with E-state index in [2.05, 4.69) is 127 Å². The molecule has 4 heteroatoms. The van der Waals surface area contributed by atoms with E-state index in [9.17, 15) is 0 Å². The van der Waals surface area contributed by atoms with Gasteiger partial charge in [0.05, 0.1) is 0 Å². The van der Waals surface area contributed by atoms with Crippen LogP contribution in [0.3, 0.4) is 0 Å². The zero-order valence-corrected chi connectivity index (χ0v) is 19.4. The van der Waals surface area contributed by atoms with Gasteiger partial charge in [0.25, 0.3) is 0 Å². The van der Waals surface area contributed by atoms with Crippen molar-refractivity contribution in [1.29, 1.82) is 0 Å². The fraction of sp³-hybridized carbons (Fsp3) is 0.250. The molecule has 0 fully saturated rings. The maximum atomic E-state index is 2.48. The molecule has 0 unspecified atom stereocenters. The zero-order chi connectivity index (χ0) is 14.5. The molecule has 0 radical (unpaired) electrons. The van der Waals surface area contributed by atoms with Crippen LogP contribution in [0.2, 0.25) is 0 Å². The molecule has 0 aliphatic rings. The molecule has 0 atom stereocenters. The lowest BCUT2D eigenvalue weighted by Gasteiger charge is -2.15. The Morgan fingerprint density at radius 3 is 1.50 bits per heavy atom. The topological polar surface area (TPSA) is 0 Å². The molecular formula is C16H14I4. The van der Waals surface area contributed by atoms with Crippen molar-refractivity contribution in [3.63, 3.8) is 0 Å². The predicted molar refractivity (Wildman–Crippen MR) is 123 cm³/mol. The number of halogens is 4. The first-order chi connectivity index (χ1) is 9.73. The number of hydrogen-bond acceptors (Lipinski definition) is 0. The largest absolute Gasteiger partial charge is 0.0812 e. The van der Waals surface area contributed by atoms with Crippen LogP contribution < -0.4 is 0 Å². The smallest absolute Gasteiger partial charge is 0.0253 e. The van der Waals surface area contributed by atoms with Crippen molar-refractivity contribution in [2.45, 2.75) is 17.7 Å². The SMILES string of the molecule is ICc1ccc(-c2c(CI)cc(CI)cc2CI)cc1. The lowest BCUT2D eigenvalue weighted by Crippen LogP contribution is -1.95. The number of hydrogen-bond donors (Lipinski definition) is 0. The number of rotatable bonds is 5. The van der Waals surface area contributed by atoms with Crippen molar-refractivity contribution in [3.05, 3.63) is 58.7 Å². The van der Waals surface area contributed by atoms with Gasteiger partial charge in [-0.1, -0.05) is 127 Å². The van der Waals surface area contributed by atoms with Crippen LogP contribution in [0.4, 0.5) is 0 Å². The van der Waals surface area contributed by atoms with Crippen molar-refractivity contribution < 1.29 is 0 Å². The summed E-state index contributed by atoms with van der Waals surface area (Å²) in [7, 11) is 0. The van der Waals surface area contributed by atoms with Crippen LogP contribution in [0, 0.1) is 0 Å². The van der Waals surface area contributed by atoms with Crippen LogP contribution >= 0.6 is 90.4 Å². The normalized spacial score (nSPS) is 10.8. The Morgan fingerprint density at radius 2 is 1.10 bits per heavy atom. The van der Waals surface area contributed by atoms with Crippen LogP contribution in [0.1, 0.15) is 22.3 Å². The molecule has 0 heterocycles. The van der Waals surface area contributed by atoms with E-state index in [0.717, 1.165) is 17.7 Å². The first-order valence-electron chi connectivity index (χ1n) is 6.21. The van der Waals surface area contributed by atoms with E-state index in [-0.39, 0.29) is 0 Å². The quantitative estimate of drug-likeness (QED) is 0.230. The van der Waals surface area contributed by atoms with E-state index in [1.807, 2.05) is 0 Å². The lowest BCUT2D eigenvalue weighted by molar-refractivity contribution is 1.30. The van der Waals surface area contributed by atoms with Gasteiger partial charge in [-0.2, -0.15) is 0 Å². The van der Waals surface area contributed by atoms with Gasteiger partial charge in [0.1, 0.15) is 0 Å². The lowest BCUT2D eigenvalue weighted by atomic mass is 9.93.